The summed E-state index contributed by atoms with van der Waals surface area (Å²) in [6, 6.07) is 9.77. The van der Waals surface area contributed by atoms with E-state index in [1.54, 1.807) is 36.6 Å². The maximum absolute atomic E-state index is 13.8. The van der Waals surface area contributed by atoms with Crippen molar-refractivity contribution in [1.82, 2.24) is 4.98 Å². The SMILES string of the molecule is Cc1ccc(C(=O)c2sc3nc(-c4cccs4)cc(C(F)(F)F)c3c2N)c(C)c1. The van der Waals surface area contributed by atoms with Gasteiger partial charge < -0.3 is 5.73 Å². The summed E-state index contributed by atoms with van der Waals surface area (Å²) < 4.78 is 41.4. The molecule has 0 radical (unpaired) electrons. The first kappa shape index (κ1) is 19.6. The summed E-state index contributed by atoms with van der Waals surface area (Å²) in [4.78, 5) is 18.2. The number of carbonyl (C=O) groups excluding carboxylic acids is 1. The van der Waals surface area contributed by atoms with Crippen molar-refractivity contribution in [2.75, 3.05) is 5.73 Å². The minimum atomic E-state index is -4.62. The van der Waals surface area contributed by atoms with Crippen molar-refractivity contribution >= 4 is 44.4 Å². The summed E-state index contributed by atoms with van der Waals surface area (Å²) in [5.41, 5.74) is 7.39. The number of nitrogens with two attached hydrogens (primary N) is 1. The van der Waals surface area contributed by atoms with E-state index in [0.29, 0.717) is 10.4 Å². The van der Waals surface area contributed by atoms with Gasteiger partial charge in [-0.15, -0.1) is 22.7 Å². The third-order valence-corrected chi connectivity index (χ3v) is 6.60. The van der Waals surface area contributed by atoms with Crippen molar-refractivity contribution in [2.24, 2.45) is 0 Å². The van der Waals surface area contributed by atoms with E-state index in [2.05, 4.69) is 4.98 Å². The molecule has 0 aliphatic rings. The minimum Gasteiger partial charge on any atom is -0.397 e. The molecule has 8 heteroatoms. The van der Waals surface area contributed by atoms with E-state index in [0.717, 1.165) is 28.5 Å². The van der Waals surface area contributed by atoms with Crippen molar-refractivity contribution < 1.29 is 18.0 Å². The van der Waals surface area contributed by atoms with Crippen LogP contribution in [-0.2, 0) is 6.18 Å². The van der Waals surface area contributed by atoms with Gasteiger partial charge in [-0.2, -0.15) is 13.2 Å². The molecule has 0 aliphatic heterocycles. The first-order chi connectivity index (χ1) is 13.7. The normalized spacial score (nSPS) is 11.9. The second-order valence-electron chi connectivity index (χ2n) is 6.70. The van der Waals surface area contributed by atoms with Crippen molar-refractivity contribution in [1.29, 1.82) is 0 Å². The number of pyridine rings is 1. The van der Waals surface area contributed by atoms with Crippen LogP contribution in [0.3, 0.4) is 0 Å². The monoisotopic (exact) mass is 432 g/mol. The highest BCUT2D eigenvalue weighted by molar-refractivity contribution is 7.21. The van der Waals surface area contributed by atoms with Gasteiger partial charge in [0.1, 0.15) is 9.71 Å². The maximum Gasteiger partial charge on any atom is 0.417 e. The van der Waals surface area contributed by atoms with Gasteiger partial charge in [0.15, 0.2) is 0 Å². The van der Waals surface area contributed by atoms with Gasteiger partial charge in [0.05, 0.1) is 21.8 Å². The number of ketones is 1. The number of hydrogen-bond donors (Lipinski definition) is 1. The van der Waals surface area contributed by atoms with Gasteiger partial charge in [-0.1, -0.05) is 29.8 Å². The Morgan fingerprint density at radius 1 is 1.14 bits per heavy atom. The molecule has 29 heavy (non-hydrogen) atoms. The number of alkyl halides is 3. The van der Waals surface area contributed by atoms with Crippen LogP contribution in [0.25, 0.3) is 20.8 Å². The van der Waals surface area contributed by atoms with Crippen LogP contribution in [0, 0.1) is 13.8 Å². The zero-order valence-electron chi connectivity index (χ0n) is 15.4. The number of thiophene rings is 2. The summed E-state index contributed by atoms with van der Waals surface area (Å²) in [6.07, 6.45) is -4.62. The number of halogens is 3. The van der Waals surface area contributed by atoms with Crippen LogP contribution in [0.15, 0.2) is 41.8 Å². The number of carbonyl (C=O) groups is 1. The fourth-order valence-electron chi connectivity index (χ4n) is 3.25. The number of fused-ring (bicyclic) bond motifs is 1. The van der Waals surface area contributed by atoms with Gasteiger partial charge in [0, 0.05) is 10.9 Å². The Balaban J connectivity index is 1.96. The van der Waals surface area contributed by atoms with Crippen LogP contribution >= 0.6 is 22.7 Å². The summed E-state index contributed by atoms with van der Waals surface area (Å²) in [6.45, 7) is 3.69. The van der Waals surface area contributed by atoms with E-state index in [4.69, 9.17) is 5.73 Å². The van der Waals surface area contributed by atoms with E-state index >= 15 is 0 Å². The van der Waals surface area contributed by atoms with E-state index < -0.39 is 17.5 Å². The van der Waals surface area contributed by atoms with Crippen molar-refractivity contribution in [2.45, 2.75) is 20.0 Å². The number of anilines is 1. The summed E-state index contributed by atoms with van der Waals surface area (Å²) in [7, 11) is 0. The molecule has 0 saturated carbocycles. The van der Waals surface area contributed by atoms with Gasteiger partial charge in [-0.3, -0.25) is 4.79 Å². The smallest absolute Gasteiger partial charge is 0.397 e. The topological polar surface area (TPSA) is 56.0 Å². The number of nitrogens with zero attached hydrogens (tertiary/aromatic N) is 1. The molecule has 0 saturated heterocycles. The molecule has 148 valence electrons. The minimum absolute atomic E-state index is 0.0771. The van der Waals surface area contributed by atoms with E-state index in [9.17, 15) is 18.0 Å². The lowest BCUT2D eigenvalue weighted by Gasteiger charge is -2.10. The second kappa shape index (κ2) is 6.96. The fourth-order valence-corrected chi connectivity index (χ4v) is 5.01. The van der Waals surface area contributed by atoms with Crippen LogP contribution < -0.4 is 5.73 Å². The molecule has 1 aromatic carbocycles. The molecular formula is C21H15F3N2OS2. The van der Waals surface area contributed by atoms with Crippen LogP contribution in [0.5, 0.6) is 0 Å². The molecule has 0 spiro atoms. The van der Waals surface area contributed by atoms with Crippen LogP contribution in [-0.4, -0.2) is 10.8 Å². The average molecular weight is 432 g/mol. The Bertz CT molecular complexity index is 1240. The third kappa shape index (κ3) is 3.42. The lowest BCUT2D eigenvalue weighted by Crippen LogP contribution is -2.08. The molecule has 2 N–H and O–H groups in total. The summed E-state index contributed by atoms with van der Waals surface area (Å²) >= 11 is 2.20. The van der Waals surface area contributed by atoms with Crippen molar-refractivity contribution in [3.05, 3.63) is 68.9 Å². The molecule has 0 bridgehead atoms. The maximum atomic E-state index is 13.8. The molecule has 0 amide bonds. The zero-order valence-corrected chi connectivity index (χ0v) is 17.1. The molecule has 4 aromatic rings. The van der Waals surface area contributed by atoms with Crippen LogP contribution in [0.1, 0.15) is 31.9 Å². The average Bonchev–Trinajstić information content (AvgIpc) is 3.28. The Hall–Kier alpha value is -2.71. The highest BCUT2D eigenvalue weighted by Gasteiger charge is 2.36. The number of rotatable bonds is 3. The highest BCUT2D eigenvalue weighted by Crippen LogP contribution is 2.44. The number of aryl methyl sites for hydroxylation is 2. The van der Waals surface area contributed by atoms with E-state index in [1.807, 2.05) is 13.0 Å². The van der Waals surface area contributed by atoms with Gasteiger partial charge in [-0.25, -0.2) is 4.98 Å². The van der Waals surface area contributed by atoms with Gasteiger partial charge in [0.25, 0.3) is 0 Å². The second-order valence-corrected chi connectivity index (χ2v) is 8.65. The number of nitrogen functional groups attached to an aromatic ring is 1. The highest BCUT2D eigenvalue weighted by atomic mass is 32.1. The lowest BCUT2D eigenvalue weighted by molar-refractivity contribution is -0.136. The first-order valence-electron chi connectivity index (χ1n) is 8.63. The third-order valence-electron chi connectivity index (χ3n) is 4.61. The summed E-state index contributed by atoms with van der Waals surface area (Å²) in [5.74, 6) is -0.395. The molecule has 0 fully saturated rings. The van der Waals surface area contributed by atoms with E-state index in [-0.39, 0.29) is 26.5 Å². The van der Waals surface area contributed by atoms with Crippen molar-refractivity contribution in [3.8, 4) is 10.6 Å². The molecule has 0 atom stereocenters. The largest absolute Gasteiger partial charge is 0.417 e. The quantitative estimate of drug-likeness (QED) is 0.377. The molecule has 0 aliphatic carbocycles. The molecular weight excluding hydrogens is 417 g/mol. The van der Waals surface area contributed by atoms with Crippen molar-refractivity contribution in [3.63, 3.8) is 0 Å². The fraction of sp³-hybridized carbons (Fsp3) is 0.143. The predicted octanol–water partition coefficient (Wildman–Crippen LogP) is 6.47. The Morgan fingerprint density at radius 2 is 1.90 bits per heavy atom. The standard InChI is InChI=1S/C21H15F3N2OS2/c1-10-5-6-12(11(2)8-10)18(27)19-17(25)16-13(21(22,23)24)9-14(26-20(16)29-19)15-4-3-7-28-15/h3-9H,25H2,1-2H3. The Kier molecular flexibility index (Phi) is 4.71. The van der Waals surface area contributed by atoms with Crippen LogP contribution in [0.4, 0.5) is 18.9 Å². The molecule has 0 unspecified atom stereocenters. The summed E-state index contributed by atoms with van der Waals surface area (Å²) in [5, 5.41) is 1.56. The van der Waals surface area contributed by atoms with Crippen LogP contribution in [0.2, 0.25) is 0 Å². The number of hydrogen-bond acceptors (Lipinski definition) is 5. The van der Waals surface area contributed by atoms with Gasteiger partial charge in [0.2, 0.25) is 5.78 Å². The zero-order chi connectivity index (χ0) is 20.9. The predicted molar refractivity (Wildman–Crippen MR) is 112 cm³/mol. The lowest BCUT2D eigenvalue weighted by atomic mass is 10.00. The molecule has 3 heterocycles. The number of benzene rings is 1. The van der Waals surface area contributed by atoms with Gasteiger partial charge >= 0.3 is 6.18 Å². The van der Waals surface area contributed by atoms with E-state index in [1.165, 1.54) is 11.3 Å². The van der Waals surface area contributed by atoms with Gasteiger partial charge in [-0.05, 0) is 36.9 Å². The first-order valence-corrected chi connectivity index (χ1v) is 10.3. The Morgan fingerprint density at radius 3 is 2.52 bits per heavy atom. The Labute approximate surface area is 172 Å². The number of aromatic nitrogens is 1. The molecule has 3 aromatic heterocycles. The molecule has 4 rings (SSSR count). The molecule has 3 nitrogen and oxygen atoms in total.